The Balaban J connectivity index is 2.07. The van der Waals surface area contributed by atoms with Gasteiger partial charge < -0.3 is 15.1 Å². The summed E-state index contributed by atoms with van der Waals surface area (Å²) >= 11 is 0. The summed E-state index contributed by atoms with van der Waals surface area (Å²) in [5.41, 5.74) is 5.38. The molecule has 1 aromatic rings. The van der Waals surface area contributed by atoms with Crippen molar-refractivity contribution < 1.29 is 9.21 Å². The Morgan fingerprint density at radius 1 is 1.61 bits per heavy atom. The fourth-order valence-electron chi connectivity index (χ4n) is 2.28. The Hall–Kier alpha value is -1.29. The van der Waals surface area contributed by atoms with Crippen molar-refractivity contribution in [3.05, 3.63) is 24.2 Å². The number of nitrogens with two attached hydrogens (primary N) is 1. The first-order valence-corrected chi connectivity index (χ1v) is 6.67. The van der Waals surface area contributed by atoms with Crippen molar-refractivity contribution >= 4 is 5.91 Å². The van der Waals surface area contributed by atoms with Gasteiger partial charge in [-0.15, -0.1) is 0 Å². The van der Waals surface area contributed by atoms with Gasteiger partial charge in [-0.1, -0.05) is 13.3 Å². The van der Waals surface area contributed by atoms with E-state index in [1.165, 1.54) is 0 Å². The van der Waals surface area contributed by atoms with Crippen LogP contribution in [0.5, 0.6) is 0 Å². The van der Waals surface area contributed by atoms with E-state index in [2.05, 4.69) is 0 Å². The lowest BCUT2D eigenvalue weighted by Crippen LogP contribution is -2.53. The lowest BCUT2D eigenvalue weighted by Gasteiger charge is -2.31. The average molecular weight is 250 g/mol. The summed E-state index contributed by atoms with van der Waals surface area (Å²) in [5.74, 6) is 0.866. The zero-order valence-electron chi connectivity index (χ0n) is 11.2. The number of hydrogen-bond acceptors (Lipinski definition) is 3. The molecule has 1 fully saturated rings. The minimum atomic E-state index is -0.760. The van der Waals surface area contributed by atoms with Crippen LogP contribution in [0.25, 0.3) is 0 Å². The van der Waals surface area contributed by atoms with Crippen LogP contribution in [0.4, 0.5) is 0 Å². The number of hydrogen-bond donors (Lipinski definition) is 1. The molecule has 4 nitrogen and oxygen atoms in total. The average Bonchev–Trinajstić information content (AvgIpc) is 3.03. The Morgan fingerprint density at radius 3 is 2.83 bits per heavy atom. The monoisotopic (exact) mass is 250 g/mol. The van der Waals surface area contributed by atoms with Gasteiger partial charge in [0, 0.05) is 6.04 Å². The van der Waals surface area contributed by atoms with Crippen LogP contribution in [0.2, 0.25) is 0 Å². The van der Waals surface area contributed by atoms with Crippen molar-refractivity contribution in [1.29, 1.82) is 0 Å². The molecule has 1 saturated carbocycles. The molecular formula is C14H22N2O2. The molecule has 2 rings (SSSR count). The smallest absolute Gasteiger partial charge is 0.243 e. The van der Waals surface area contributed by atoms with Gasteiger partial charge in [0.1, 0.15) is 5.76 Å². The van der Waals surface area contributed by atoms with E-state index >= 15 is 0 Å². The minimum absolute atomic E-state index is 0.0447. The number of carbonyl (C=O) groups excluding carboxylic acids is 1. The van der Waals surface area contributed by atoms with Gasteiger partial charge in [-0.05, 0) is 38.3 Å². The third-order valence-electron chi connectivity index (χ3n) is 3.41. The lowest BCUT2D eigenvalue weighted by molar-refractivity contribution is -0.138. The summed E-state index contributed by atoms with van der Waals surface area (Å²) in [7, 11) is 0. The molecule has 1 aliphatic rings. The zero-order chi connectivity index (χ0) is 13.2. The fourth-order valence-corrected chi connectivity index (χ4v) is 2.28. The van der Waals surface area contributed by atoms with Crippen LogP contribution in [0.3, 0.4) is 0 Å². The van der Waals surface area contributed by atoms with Crippen molar-refractivity contribution in [2.24, 2.45) is 5.73 Å². The quantitative estimate of drug-likeness (QED) is 0.842. The third-order valence-corrected chi connectivity index (χ3v) is 3.41. The molecule has 1 aliphatic carbocycles. The highest BCUT2D eigenvalue weighted by molar-refractivity contribution is 5.86. The largest absolute Gasteiger partial charge is 0.467 e. The summed E-state index contributed by atoms with van der Waals surface area (Å²) in [6, 6.07) is 4.09. The van der Waals surface area contributed by atoms with Gasteiger partial charge in [-0.25, -0.2) is 0 Å². The molecule has 1 aromatic heterocycles. The van der Waals surface area contributed by atoms with Crippen molar-refractivity contribution in [1.82, 2.24) is 4.90 Å². The Morgan fingerprint density at radius 2 is 2.33 bits per heavy atom. The lowest BCUT2D eigenvalue weighted by atomic mass is 9.95. The Labute approximate surface area is 108 Å². The van der Waals surface area contributed by atoms with Gasteiger partial charge in [-0.2, -0.15) is 0 Å². The third kappa shape index (κ3) is 2.93. The Bertz CT molecular complexity index is 394. The molecule has 18 heavy (non-hydrogen) atoms. The molecule has 0 saturated heterocycles. The SMILES string of the molecule is CCCC(C)(N)C(=O)N(Cc1ccco1)C1CC1. The molecular weight excluding hydrogens is 228 g/mol. The fraction of sp³-hybridized carbons (Fsp3) is 0.643. The second kappa shape index (κ2) is 5.14. The molecule has 0 aromatic carbocycles. The highest BCUT2D eigenvalue weighted by Crippen LogP contribution is 2.30. The highest BCUT2D eigenvalue weighted by atomic mass is 16.3. The van der Waals surface area contributed by atoms with Crippen LogP contribution in [-0.2, 0) is 11.3 Å². The number of furan rings is 1. The molecule has 1 atom stereocenters. The maximum Gasteiger partial charge on any atom is 0.243 e. The molecule has 0 bridgehead atoms. The second-order valence-electron chi connectivity index (χ2n) is 5.41. The van der Waals surface area contributed by atoms with Crippen LogP contribution in [0.15, 0.2) is 22.8 Å². The maximum atomic E-state index is 12.5. The van der Waals surface area contributed by atoms with Crippen LogP contribution < -0.4 is 5.73 Å². The van der Waals surface area contributed by atoms with Gasteiger partial charge in [0.15, 0.2) is 0 Å². The maximum absolute atomic E-state index is 12.5. The minimum Gasteiger partial charge on any atom is -0.467 e. The van der Waals surface area contributed by atoms with Gasteiger partial charge in [0.25, 0.3) is 0 Å². The van der Waals surface area contributed by atoms with Gasteiger partial charge in [-0.3, -0.25) is 4.79 Å². The van der Waals surface area contributed by atoms with Gasteiger partial charge >= 0.3 is 0 Å². The molecule has 2 N–H and O–H groups in total. The molecule has 1 unspecified atom stereocenters. The summed E-state index contributed by atoms with van der Waals surface area (Å²) in [4.78, 5) is 14.4. The summed E-state index contributed by atoms with van der Waals surface area (Å²) in [5, 5.41) is 0. The topological polar surface area (TPSA) is 59.5 Å². The number of nitrogens with zero attached hydrogens (tertiary/aromatic N) is 1. The first-order chi connectivity index (χ1) is 8.54. The van der Waals surface area contributed by atoms with Crippen molar-refractivity contribution in [2.45, 2.75) is 57.7 Å². The van der Waals surface area contributed by atoms with E-state index in [0.717, 1.165) is 25.0 Å². The number of amides is 1. The number of carbonyl (C=O) groups is 1. The van der Waals surface area contributed by atoms with Crippen molar-refractivity contribution in [3.8, 4) is 0 Å². The summed E-state index contributed by atoms with van der Waals surface area (Å²) in [6.07, 6.45) is 5.42. The van der Waals surface area contributed by atoms with Crippen LogP contribution >= 0.6 is 0 Å². The zero-order valence-corrected chi connectivity index (χ0v) is 11.2. The van der Waals surface area contributed by atoms with E-state index < -0.39 is 5.54 Å². The van der Waals surface area contributed by atoms with Crippen molar-refractivity contribution in [3.63, 3.8) is 0 Å². The second-order valence-corrected chi connectivity index (χ2v) is 5.41. The molecule has 0 radical (unpaired) electrons. The predicted molar refractivity (Wildman–Crippen MR) is 69.8 cm³/mol. The molecule has 1 heterocycles. The molecule has 0 spiro atoms. The Kier molecular flexibility index (Phi) is 3.76. The highest BCUT2D eigenvalue weighted by Gasteiger charge is 2.39. The summed E-state index contributed by atoms with van der Waals surface area (Å²) < 4.78 is 5.33. The normalized spacial score (nSPS) is 18.4. The molecule has 100 valence electrons. The van der Waals surface area contributed by atoms with Crippen LogP contribution in [0.1, 0.15) is 45.3 Å². The standard InChI is InChI=1S/C14H22N2O2/c1-3-8-14(2,15)13(17)16(11-6-7-11)10-12-5-4-9-18-12/h4-5,9,11H,3,6-8,10,15H2,1-2H3. The predicted octanol–water partition coefficient (Wildman–Crippen LogP) is 2.29. The van der Waals surface area contributed by atoms with E-state index in [0.29, 0.717) is 19.0 Å². The first-order valence-electron chi connectivity index (χ1n) is 6.67. The van der Waals surface area contributed by atoms with Crippen molar-refractivity contribution in [2.75, 3.05) is 0 Å². The van der Waals surface area contributed by atoms with Gasteiger partial charge in [0.2, 0.25) is 5.91 Å². The first kappa shape index (κ1) is 13.1. The molecule has 1 amide bonds. The van der Waals surface area contributed by atoms with E-state index in [1.807, 2.05) is 30.9 Å². The molecule has 4 heteroatoms. The van der Waals surface area contributed by atoms with Crippen LogP contribution in [-0.4, -0.2) is 22.4 Å². The van der Waals surface area contributed by atoms with E-state index in [1.54, 1.807) is 6.26 Å². The van der Waals surface area contributed by atoms with Gasteiger partial charge in [0.05, 0.1) is 18.3 Å². The molecule has 0 aliphatic heterocycles. The van der Waals surface area contributed by atoms with E-state index in [9.17, 15) is 4.79 Å². The summed E-state index contributed by atoms with van der Waals surface area (Å²) in [6.45, 7) is 4.41. The number of rotatable bonds is 6. The van der Waals surface area contributed by atoms with E-state index in [4.69, 9.17) is 10.2 Å². The van der Waals surface area contributed by atoms with E-state index in [-0.39, 0.29) is 5.91 Å². The van der Waals surface area contributed by atoms with Crippen LogP contribution in [0, 0.1) is 0 Å².